The molecule has 0 radical (unpaired) electrons. The first-order chi connectivity index (χ1) is 12.7. The average Bonchev–Trinajstić information content (AvgIpc) is 2.67. The molecule has 0 bridgehead atoms. The Morgan fingerprint density at radius 3 is 1.92 bits per heavy atom. The van der Waals surface area contributed by atoms with E-state index in [4.69, 9.17) is 30.5 Å². The molecule has 2 rings (SSSR count). The number of hydrogen-bond acceptors (Lipinski definition) is 7. The lowest BCUT2D eigenvalue weighted by Crippen LogP contribution is -2.07. The van der Waals surface area contributed by atoms with Crippen LogP contribution in [0.2, 0.25) is 0 Å². The van der Waals surface area contributed by atoms with Crippen LogP contribution in [0.5, 0.6) is 17.2 Å². The summed E-state index contributed by atoms with van der Waals surface area (Å²) in [6.45, 7) is 0.429. The lowest BCUT2D eigenvalue weighted by molar-refractivity contribution is 0.246. The molecule has 7 heteroatoms. The molecule has 0 amide bonds. The summed E-state index contributed by atoms with van der Waals surface area (Å²) >= 11 is 0. The minimum Gasteiger partial charge on any atom is -0.507 e. The number of rotatable bonds is 6. The standard InChI is InChI=1S/C19H12N4O3/c20-9-13-3-1-4-18(14(13)10-21)25-7-2-8-26-19-6-5-17(24)15(11-22)16(19)12-23/h1,3-6,24H,2,7-8H2. The van der Waals surface area contributed by atoms with Crippen LogP contribution in [-0.4, -0.2) is 18.3 Å². The van der Waals surface area contributed by atoms with E-state index in [1.54, 1.807) is 18.2 Å². The van der Waals surface area contributed by atoms with Gasteiger partial charge in [-0.05, 0) is 24.3 Å². The summed E-state index contributed by atoms with van der Waals surface area (Å²) in [5.41, 5.74) is 0.267. The maximum absolute atomic E-state index is 9.58. The predicted molar refractivity (Wildman–Crippen MR) is 89.0 cm³/mol. The van der Waals surface area contributed by atoms with Crippen molar-refractivity contribution in [2.45, 2.75) is 6.42 Å². The highest BCUT2D eigenvalue weighted by atomic mass is 16.5. The number of aromatic hydroxyl groups is 1. The Morgan fingerprint density at radius 1 is 0.731 bits per heavy atom. The molecule has 2 aromatic rings. The van der Waals surface area contributed by atoms with Crippen LogP contribution >= 0.6 is 0 Å². The van der Waals surface area contributed by atoms with Crippen LogP contribution in [0.25, 0.3) is 0 Å². The zero-order chi connectivity index (χ0) is 18.9. The second kappa shape index (κ2) is 8.60. The summed E-state index contributed by atoms with van der Waals surface area (Å²) in [6.07, 6.45) is 0.440. The highest BCUT2D eigenvalue weighted by Crippen LogP contribution is 2.28. The van der Waals surface area contributed by atoms with Gasteiger partial charge in [-0.1, -0.05) is 6.07 Å². The van der Waals surface area contributed by atoms with Gasteiger partial charge in [0.2, 0.25) is 0 Å². The summed E-state index contributed by atoms with van der Waals surface area (Å²) in [5, 5.41) is 45.8. The van der Waals surface area contributed by atoms with E-state index in [9.17, 15) is 5.11 Å². The number of nitriles is 4. The highest BCUT2D eigenvalue weighted by molar-refractivity contribution is 5.60. The first-order valence-corrected chi connectivity index (χ1v) is 7.51. The van der Waals surface area contributed by atoms with Crippen LogP contribution in [0.1, 0.15) is 28.7 Å². The molecule has 26 heavy (non-hydrogen) atoms. The Morgan fingerprint density at radius 2 is 1.35 bits per heavy atom. The number of phenolic OH excluding ortho intramolecular Hbond substituents is 1. The van der Waals surface area contributed by atoms with E-state index in [-0.39, 0.29) is 47.0 Å². The molecule has 0 atom stereocenters. The Hall–Kier alpha value is -4.20. The molecule has 0 saturated carbocycles. The lowest BCUT2D eigenvalue weighted by atomic mass is 10.1. The van der Waals surface area contributed by atoms with Gasteiger partial charge < -0.3 is 14.6 Å². The van der Waals surface area contributed by atoms with E-state index in [0.29, 0.717) is 12.2 Å². The maximum Gasteiger partial charge on any atom is 0.138 e. The van der Waals surface area contributed by atoms with Crippen LogP contribution in [0.4, 0.5) is 0 Å². The zero-order valence-corrected chi connectivity index (χ0v) is 13.6. The molecule has 0 aliphatic rings. The van der Waals surface area contributed by atoms with Crippen LogP contribution in [-0.2, 0) is 0 Å². The quantitative estimate of drug-likeness (QED) is 0.796. The van der Waals surface area contributed by atoms with Crippen LogP contribution in [0, 0.1) is 45.3 Å². The van der Waals surface area contributed by atoms with Gasteiger partial charge in [-0.2, -0.15) is 21.0 Å². The molecule has 0 spiro atoms. The van der Waals surface area contributed by atoms with Crippen LogP contribution in [0.3, 0.4) is 0 Å². The van der Waals surface area contributed by atoms with E-state index in [2.05, 4.69) is 0 Å². The molecule has 0 aliphatic heterocycles. The van der Waals surface area contributed by atoms with Crippen molar-refractivity contribution in [1.82, 2.24) is 0 Å². The molecule has 0 aromatic heterocycles. The first-order valence-electron chi connectivity index (χ1n) is 7.51. The van der Waals surface area contributed by atoms with Gasteiger partial charge in [0, 0.05) is 6.42 Å². The van der Waals surface area contributed by atoms with Crippen molar-refractivity contribution in [2.75, 3.05) is 13.2 Å². The van der Waals surface area contributed by atoms with Crippen molar-refractivity contribution in [3.05, 3.63) is 52.6 Å². The Bertz CT molecular complexity index is 988. The molecule has 0 heterocycles. The number of hydrogen-bond donors (Lipinski definition) is 1. The largest absolute Gasteiger partial charge is 0.507 e. The molecule has 0 unspecified atom stereocenters. The highest BCUT2D eigenvalue weighted by Gasteiger charge is 2.14. The molecule has 0 fully saturated rings. The number of benzene rings is 2. The lowest BCUT2D eigenvalue weighted by Gasteiger charge is -2.11. The summed E-state index contributed by atoms with van der Waals surface area (Å²) < 4.78 is 11.0. The summed E-state index contributed by atoms with van der Waals surface area (Å²) in [5.74, 6) is 0.243. The van der Waals surface area contributed by atoms with Crippen LogP contribution < -0.4 is 9.47 Å². The van der Waals surface area contributed by atoms with Gasteiger partial charge in [0.15, 0.2) is 0 Å². The smallest absolute Gasteiger partial charge is 0.138 e. The number of nitrogens with zero attached hydrogens (tertiary/aromatic N) is 4. The van der Waals surface area contributed by atoms with Gasteiger partial charge in [-0.3, -0.25) is 0 Å². The molecule has 7 nitrogen and oxygen atoms in total. The van der Waals surface area contributed by atoms with Crippen molar-refractivity contribution in [3.8, 4) is 41.5 Å². The molecule has 0 saturated heterocycles. The van der Waals surface area contributed by atoms with Crippen LogP contribution in [0.15, 0.2) is 30.3 Å². The zero-order valence-electron chi connectivity index (χ0n) is 13.6. The van der Waals surface area contributed by atoms with E-state index >= 15 is 0 Å². The van der Waals surface area contributed by atoms with Gasteiger partial charge >= 0.3 is 0 Å². The van der Waals surface area contributed by atoms with Crippen molar-refractivity contribution in [1.29, 1.82) is 21.0 Å². The number of ether oxygens (including phenoxy) is 2. The third-order valence-corrected chi connectivity index (χ3v) is 3.43. The van der Waals surface area contributed by atoms with Gasteiger partial charge in [-0.25, -0.2) is 0 Å². The predicted octanol–water partition coefficient (Wildman–Crippen LogP) is 2.73. The second-order valence-electron chi connectivity index (χ2n) is 5.01. The Labute approximate surface area is 150 Å². The van der Waals surface area contributed by atoms with E-state index in [1.807, 2.05) is 18.2 Å². The third-order valence-electron chi connectivity index (χ3n) is 3.43. The van der Waals surface area contributed by atoms with Crippen molar-refractivity contribution in [2.24, 2.45) is 0 Å². The minimum absolute atomic E-state index is 0.0260. The monoisotopic (exact) mass is 344 g/mol. The van der Waals surface area contributed by atoms with Crippen molar-refractivity contribution in [3.63, 3.8) is 0 Å². The fourth-order valence-electron chi connectivity index (χ4n) is 2.20. The topological polar surface area (TPSA) is 134 Å². The molecular formula is C19H12N4O3. The molecule has 1 N–H and O–H groups in total. The SMILES string of the molecule is N#Cc1cccc(OCCCOc2ccc(O)c(C#N)c2C#N)c1C#N. The third kappa shape index (κ3) is 3.82. The van der Waals surface area contributed by atoms with E-state index < -0.39 is 0 Å². The molecule has 126 valence electrons. The molecule has 0 aliphatic carbocycles. The summed E-state index contributed by atoms with van der Waals surface area (Å²) in [7, 11) is 0. The number of phenols is 1. The average molecular weight is 344 g/mol. The van der Waals surface area contributed by atoms with E-state index in [0.717, 1.165) is 0 Å². The van der Waals surface area contributed by atoms with Crippen molar-refractivity contribution >= 4 is 0 Å². The normalized spacial score (nSPS) is 9.23. The fourth-order valence-corrected chi connectivity index (χ4v) is 2.20. The fraction of sp³-hybridized carbons (Fsp3) is 0.158. The van der Waals surface area contributed by atoms with Crippen molar-refractivity contribution < 1.29 is 14.6 Å². The van der Waals surface area contributed by atoms with Gasteiger partial charge in [0.05, 0.1) is 18.8 Å². The maximum atomic E-state index is 9.58. The molecule has 2 aromatic carbocycles. The Balaban J connectivity index is 1.96. The first kappa shape index (κ1) is 18.1. The van der Waals surface area contributed by atoms with Gasteiger partial charge in [-0.15, -0.1) is 0 Å². The Kier molecular flexibility index (Phi) is 6.00. The molecular weight excluding hydrogens is 332 g/mol. The van der Waals surface area contributed by atoms with E-state index in [1.165, 1.54) is 18.2 Å². The second-order valence-corrected chi connectivity index (χ2v) is 5.01. The van der Waals surface area contributed by atoms with Gasteiger partial charge in [0.25, 0.3) is 0 Å². The summed E-state index contributed by atoms with van der Waals surface area (Å²) in [4.78, 5) is 0. The summed E-state index contributed by atoms with van der Waals surface area (Å²) in [6, 6.07) is 15.0. The van der Waals surface area contributed by atoms with Gasteiger partial charge in [0.1, 0.15) is 58.2 Å². The minimum atomic E-state index is -0.277.